The van der Waals surface area contributed by atoms with Crippen molar-refractivity contribution in [1.82, 2.24) is 0 Å². The number of para-hydroxylation sites is 1. The molecule has 20 heavy (non-hydrogen) atoms. The fourth-order valence-corrected chi connectivity index (χ4v) is 1.68. The number of carbonyl (C=O) groups is 2. The number of hydrogen-bond donors (Lipinski definition) is 2. The number of carboxylic acid groups (broad SMARTS) is 1. The molecule has 1 amide bonds. The lowest BCUT2D eigenvalue weighted by atomic mass is 10.0. The van der Waals surface area contributed by atoms with Gasteiger partial charge in [-0.2, -0.15) is 0 Å². The summed E-state index contributed by atoms with van der Waals surface area (Å²) in [6.45, 7) is 4.25. The zero-order valence-electron chi connectivity index (χ0n) is 11.7. The molecule has 0 saturated heterocycles. The Labute approximate surface area is 117 Å². The highest BCUT2D eigenvalue weighted by molar-refractivity contribution is 6.03. The topological polar surface area (TPSA) is 83.6 Å². The van der Waals surface area contributed by atoms with Crippen LogP contribution < -0.4 is 10.6 Å². The van der Waals surface area contributed by atoms with Gasteiger partial charge in [0.25, 0.3) is 5.79 Å². The molecule has 0 fully saturated rings. The zero-order valence-corrected chi connectivity index (χ0v) is 11.7. The number of aliphatic carboxylic acids is 1. The third-order valence-electron chi connectivity index (χ3n) is 3.05. The van der Waals surface area contributed by atoms with Crippen molar-refractivity contribution in [2.75, 3.05) is 4.90 Å². The van der Waals surface area contributed by atoms with E-state index in [0.29, 0.717) is 4.90 Å². The van der Waals surface area contributed by atoms with E-state index in [1.54, 1.807) is 32.0 Å². The fourth-order valence-electron chi connectivity index (χ4n) is 1.68. The van der Waals surface area contributed by atoms with Crippen LogP contribution in [0.4, 0.5) is 10.1 Å². The van der Waals surface area contributed by atoms with Crippen molar-refractivity contribution in [2.45, 2.75) is 32.6 Å². The van der Waals surface area contributed by atoms with Gasteiger partial charge < -0.3 is 10.8 Å². The van der Waals surface area contributed by atoms with Crippen LogP contribution >= 0.6 is 0 Å². The number of anilines is 1. The summed E-state index contributed by atoms with van der Waals surface area (Å²) in [6.07, 6.45) is 0. The molecule has 1 rings (SSSR count). The number of halogens is 1. The number of carboxylic acids is 1. The summed E-state index contributed by atoms with van der Waals surface area (Å²) in [4.78, 5) is 24.1. The maximum atomic E-state index is 14.5. The molecule has 5 nitrogen and oxygen atoms in total. The van der Waals surface area contributed by atoms with Gasteiger partial charge in [0.1, 0.15) is 0 Å². The molecule has 110 valence electrons. The summed E-state index contributed by atoms with van der Waals surface area (Å²) in [5, 5.41) is 9.03. The lowest BCUT2D eigenvalue weighted by Gasteiger charge is -2.34. The minimum atomic E-state index is -2.87. The van der Waals surface area contributed by atoms with Gasteiger partial charge in [0, 0.05) is 12.6 Å². The predicted molar refractivity (Wildman–Crippen MR) is 73.9 cm³/mol. The Hall–Kier alpha value is -1.95. The molecule has 0 heterocycles. The molecule has 0 bridgehead atoms. The highest BCUT2D eigenvalue weighted by Gasteiger charge is 2.45. The minimum absolute atomic E-state index is 0.154. The first-order valence-electron chi connectivity index (χ1n) is 6.26. The van der Waals surface area contributed by atoms with Gasteiger partial charge in [-0.3, -0.25) is 9.69 Å². The number of benzene rings is 1. The highest BCUT2D eigenvalue weighted by Crippen LogP contribution is 2.27. The quantitative estimate of drug-likeness (QED) is 0.806. The second-order valence-corrected chi connectivity index (χ2v) is 5.04. The van der Waals surface area contributed by atoms with Crippen molar-refractivity contribution in [1.29, 1.82) is 0 Å². The number of hydrogen-bond acceptors (Lipinski definition) is 3. The van der Waals surface area contributed by atoms with E-state index in [0.717, 1.165) is 6.92 Å². The van der Waals surface area contributed by atoms with Crippen LogP contribution in [0.5, 0.6) is 0 Å². The van der Waals surface area contributed by atoms with E-state index in [9.17, 15) is 14.0 Å². The molecule has 0 saturated carbocycles. The standard InChI is InChI=1S/C14H19FN2O3/c1-9(2)11(16)12(18)17(14(3,15)13(19)20)10-7-5-4-6-8-10/h4-9,11H,16H2,1-3H3,(H,19,20)/t11-,14-/m0/s1. The number of amides is 1. The Bertz CT molecular complexity index is 488. The summed E-state index contributed by atoms with van der Waals surface area (Å²) in [6, 6.07) is 6.81. The third-order valence-corrected chi connectivity index (χ3v) is 3.05. The largest absolute Gasteiger partial charge is 0.477 e. The lowest BCUT2D eigenvalue weighted by Crippen LogP contribution is -2.58. The van der Waals surface area contributed by atoms with Gasteiger partial charge in [-0.1, -0.05) is 32.0 Å². The van der Waals surface area contributed by atoms with E-state index < -0.39 is 23.7 Å². The maximum Gasteiger partial charge on any atom is 0.362 e. The first kappa shape index (κ1) is 16.1. The van der Waals surface area contributed by atoms with Gasteiger partial charge in [0.15, 0.2) is 0 Å². The smallest absolute Gasteiger partial charge is 0.362 e. The summed E-state index contributed by atoms with van der Waals surface area (Å²) in [7, 11) is 0. The Morgan fingerprint density at radius 3 is 2.20 bits per heavy atom. The van der Waals surface area contributed by atoms with Crippen molar-refractivity contribution in [3.63, 3.8) is 0 Å². The molecule has 0 spiro atoms. The van der Waals surface area contributed by atoms with Crippen molar-refractivity contribution in [2.24, 2.45) is 11.7 Å². The number of alkyl halides is 1. The first-order valence-corrected chi connectivity index (χ1v) is 6.26. The molecule has 3 N–H and O–H groups in total. The highest BCUT2D eigenvalue weighted by atomic mass is 19.1. The van der Waals surface area contributed by atoms with Gasteiger partial charge >= 0.3 is 5.97 Å². The summed E-state index contributed by atoms with van der Waals surface area (Å²) >= 11 is 0. The third kappa shape index (κ3) is 3.14. The number of rotatable bonds is 5. The van der Waals surface area contributed by atoms with E-state index in [4.69, 9.17) is 10.8 Å². The minimum Gasteiger partial charge on any atom is -0.477 e. The number of carbonyl (C=O) groups excluding carboxylic acids is 1. The molecule has 1 aromatic carbocycles. The lowest BCUT2D eigenvalue weighted by molar-refractivity contribution is -0.152. The summed E-state index contributed by atoms with van der Waals surface area (Å²) in [5.74, 6) is -5.62. The van der Waals surface area contributed by atoms with E-state index in [1.165, 1.54) is 12.1 Å². The van der Waals surface area contributed by atoms with E-state index in [-0.39, 0.29) is 11.6 Å². The van der Waals surface area contributed by atoms with Gasteiger partial charge in [0.2, 0.25) is 5.91 Å². The van der Waals surface area contributed by atoms with Crippen molar-refractivity contribution >= 4 is 17.6 Å². The molecule has 1 aromatic rings. The molecular weight excluding hydrogens is 263 g/mol. The zero-order chi connectivity index (χ0) is 15.5. The fraction of sp³-hybridized carbons (Fsp3) is 0.429. The molecule has 0 unspecified atom stereocenters. The van der Waals surface area contributed by atoms with Crippen molar-refractivity contribution < 1.29 is 19.1 Å². The second-order valence-electron chi connectivity index (χ2n) is 5.04. The molecule has 0 aliphatic carbocycles. The first-order chi connectivity index (χ1) is 9.19. The average molecular weight is 282 g/mol. The van der Waals surface area contributed by atoms with Gasteiger partial charge in [-0.25, -0.2) is 9.18 Å². The van der Waals surface area contributed by atoms with Crippen LogP contribution in [0.1, 0.15) is 20.8 Å². The Morgan fingerprint density at radius 2 is 1.80 bits per heavy atom. The van der Waals surface area contributed by atoms with E-state index in [1.807, 2.05) is 0 Å². The number of nitrogens with two attached hydrogens (primary N) is 1. The van der Waals surface area contributed by atoms with E-state index in [2.05, 4.69) is 0 Å². The average Bonchev–Trinajstić information content (AvgIpc) is 2.38. The van der Waals surface area contributed by atoms with Gasteiger partial charge in [-0.15, -0.1) is 0 Å². The van der Waals surface area contributed by atoms with Crippen LogP contribution in [0.3, 0.4) is 0 Å². The van der Waals surface area contributed by atoms with Crippen LogP contribution in [0, 0.1) is 5.92 Å². The Morgan fingerprint density at radius 1 is 1.30 bits per heavy atom. The van der Waals surface area contributed by atoms with Crippen LogP contribution in [0.2, 0.25) is 0 Å². The van der Waals surface area contributed by atoms with Crippen LogP contribution in [0.25, 0.3) is 0 Å². The van der Waals surface area contributed by atoms with Crippen LogP contribution in [-0.2, 0) is 9.59 Å². The van der Waals surface area contributed by atoms with Crippen molar-refractivity contribution in [3.8, 4) is 0 Å². The summed E-state index contributed by atoms with van der Waals surface area (Å²) in [5.41, 5.74) is 5.90. The molecule has 0 aromatic heterocycles. The second kappa shape index (κ2) is 6.00. The predicted octanol–water partition coefficient (Wildman–Crippen LogP) is 1.77. The molecule has 6 heteroatoms. The number of nitrogens with zero attached hydrogens (tertiary/aromatic N) is 1. The normalized spacial score (nSPS) is 15.5. The molecular formula is C14H19FN2O3. The SMILES string of the molecule is CC(C)[C@H](N)C(=O)N(c1ccccc1)[C@](C)(F)C(=O)O. The molecule has 0 radical (unpaired) electrons. The molecule has 0 aliphatic rings. The van der Waals surface area contributed by atoms with Crippen LogP contribution in [0.15, 0.2) is 30.3 Å². The molecule has 2 atom stereocenters. The Balaban J connectivity index is 3.29. The van der Waals surface area contributed by atoms with E-state index >= 15 is 0 Å². The Kier molecular flexibility index (Phi) is 4.83. The van der Waals surface area contributed by atoms with Gasteiger partial charge in [0.05, 0.1) is 6.04 Å². The summed E-state index contributed by atoms with van der Waals surface area (Å²) < 4.78 is 14.5. The maximum absolute atomic E-state index is 14.5. The van der Waals surface area contributed by atoms with Crippen molar-refractivity contribution in [3.05, 3.63) is 30.3 Å². The molecule has 0 aliphatic heterocycles. The monoisotopic (exact) mass is 282 g/mol. The van der Waals surface area contributed by atoms with Gasteiger partial charge in [-0.05, 0) is 18.1 Å². The van der Waals surface area contributed by atoms with Crippen LogP contribution in [-0.4, -0.2) is 28.8 Å².